The molecule has 1 fully saturated rings. The summed E-state index contributed by atoms with van der Waals surface area (Å²) in [6.07, 6.45) is 3.07. The number of fused-ring (bicyclic) bond motifs is 1. The summed E-state index contributed by atoms with van der Waals surface area (Å²) < 4.78 is 13.0. The summed E-state index contributed by atoms with van der Waals surface area (Å²) in [6, 6.07) is 12.8. The molecular weight excluding hydrogens is 534 g/mol. The molecule has 0 radical (unpaired) electrons. The SMILES string of the molecule is COc1cc2ncnc(-c3cn(C)nc3-c3ccccc3)c2cc1NC(=O)N1CCN(C(=O)OC(C)(C)C)C(C)[C@H]1C. The fraction of sp³-hybridized carbons (Fsp3) is 0.387. The summed E-state index contributed by atoms with van der Waals surface area (Å²) in [6.45, 7) is 10.1. The summed E-state index contributed by atoms with van der Waals surface area (Å²) >= 11 is 0. The Labute approximate surface area is 245 Å². The quantitative estimate of drug-likeness (QED) is 0.341. The molecule has 0 aliphatic carbocycles. The first kappa shape index (κ1) is 28.8. The minimum atomic E-state index is -0.596. The maximum atomic E-state index is 13.6. The van der Waals surface area contributed by atoms with Gasteiger partial charge in [-0.15, -0.1) is 0 Å². The van der Waals surface area contributed by atoms with Crippen molar-refractivity contribution in [1.29, 1.82) is 0 Å². The van der Waals surface area contributed by atoms with Crippen molar-refractivity contribution in [2.75, 3.05) is 25.5 Å². The molecule has 4 aromatic rings. The van der Waals surface area contributed by atoms with Crippen LogP contribution in [-0.2, 0) is 11.8 Å². The number of anilines is 1. The lowest BCUT2D eigenvalue weighted by atomic mass is 10.0. The molecule has 2 aromatic heterocycles. The molecule has 0 bridgehead atoms. The Morgan fingerprint density at radius 1 is 0.976 bits per heavy atom. The Hall–Kier alpha value is -4.67. The highest BCUT2D eigenvalue weighted by atomic mass is 16.6. The molecule has 3 amide bonds. The molecule has 1 aliphatic heterocycles. The number of benzene rings is 2. The van der Waals surface area contributed by atoms with Gasteiger partial charge in [0.25, 0.3) is 0 Å². The lowest BCUT2D eigenvalue weighted by Gasteiger charge is -2.44. The lowest BCUT2D eigenvalue weighted by Crippen LogP contribution is -2.61. The number of carbonyl (C=O) groups excluding carboxylic acids is 2. The second-order valence-electron chi connectivity index (χ2n) is 11.5. The van der Waals surface area contributed by atoms with Crippen molar-refractivity contribution >= 4 is 28.7 Å². The maximum Gasteiger partial charge on any atom is 0.410 e. The summed E-state index contributed by atoms with van der Waals surface area (Å²) in [5.74, 6) is 0.475. The fourth-order valence-electron chi connectivity index (χ4n) is 5.23. The molecule has 1 saturated heterocycles. The van der Waals surface area contributed by atoms with Gasteiger partial charge in [-0.25, -0.2) is 19.6 Å². The number of piperazine rings is 1. The van der Waals surface area contributed by atoms with Crippen LogP contribution in [0.25, 0.3) is 33.4 Å². The van der Waals surface area contributed by atoms with Crippen LogP contribution in [0.15, 0.2) is 55.0 Å². The molecule has 42 heavy (non-hydrogen) atoms. The lowest BCUT2D eigenvalue weighted by molar-refractivity contribution is -0.00449. The third-order valence-corrected chi connectivity index (χ3v) is 7.48. The Kier molecular flexibility index (Phi) is 7.77. The summed E-state index contributed by atoms with van der Waals surface area (Å²) in [4.78, 5) is 38.9. The molecule has 1 aliphatic rings. The van der Waals surface area contributed by atoms with Gasteiger partial charge in [0.1, 0.15) is 23.4 Å². The molecule has 3 heterocycles. The zero-order valence-corrected chi connectivity index (χ0v) is 25.1. The topological polar surface area (TPSA) is 115 Å². The first-order chi connectivity index (χ1) is 20.0. The van der Waals surface area contributed by atoms with Crippen molar-refractivity contribution in [2.24, 2.45) is 7.05 Å². The molecule has 0 saturated carbocycles. The van der Waals surface area contributed by atoms with Crippen LogP contribution in [-0.4, -0.2) is 79.6 Å². The molecule has 2 aromatic carbocycles. The summed E-state index contributed by atoms with van der Waals surface area (Å²) in [5.41, 5.74) is 3.87. The van der Waals surface area contributed by atoms with E-state index in [-0.39, 0.29) is 24.2 Å². The van der Waals surface area contributed by atoms with E-state index in [4.69, 9.17) is 14.6 Å². The predicted molar refractivity (Wildman–Crippen MR) is 161 cm³/mol. The Morgan fingerprint density at radius 2 is 1.67 bits per heavy atom. The molecule has 11 heteroatoms. The van der Waals surface area contributed by atoms with Gasteiger partial charge in [0, 0.05) is 48.9 Å². The number of carbonyl (C=O) groups is 2. The monoisotopic (exact) mass is 571 g/mol. The van der Waals surface area contributed by atoms with Crippen molar-refractivity contribution in [3.63, 3.8) is 0 Å². The second-order valence-corrected chi connectivity index (χ2v) is 11.5. The minimum absolute atomic E-state index is 0.236. The number of ether oxygens (including phenoxy) is 2. The molecule has 0 spiro atoms. The van der Waals surface area contributed by atoms with Crippen molar-refractivity contribution in [1.82, 2.24) is 29.5 Å². The van der Waals surface area contributed by atoms with Gasteiger partial charge >= 0.3 is 12.1 Å². The standard InChI is InChI=1S/C31H37N7O4/c1-19-20(2)38(30(40)42-31(3,4)5)14-13-37(19)29(39)34-25-15-22-24(16-26(25)41-7)32-18-33-28(22)23-17-36(6)35-27(23)21-11-9-8-10-12-21/h8-12,15-20H,13-14H2,1-7H3,(H,34,39)/t19-,20?/m1/s1. The number of nitrogens with one attached hydrogen (secondary N) is 1. The summed E-state index contributed by atoms with van der Waals surface area (Å²) in [5, 5.41) is 8.48. The van der Waals surface area contributed by atoms with E-state index in [1.165, 1.54) is 6.33 Å². The van der Waals surface area contributed by atoms with Gasteiger partial charge in [-0.05, 0) is 40.7 Å². The van der Waals surface area contributed by atoms with Crippen molar-refractivity contribution < 1.29 is 19.1 Å². The van der Waals surface area contributed by atoms with E-state index in [0.29, 0.717) is 35.7 Å². The van der Waals surface area contributed by atoms with Gasteiger partial charge in [0.2, 0.25) is 0 Å². The Morgan fingerprint density at radius 3 is 2.36 bits per heavy atom. The van der Waals surface area contributed by atoms with Crippen LogP contribution in [0.5, 0.6) is 5.75 Å². The Balaban J connectivity index is 1.45. The van der Waals surface area contributed by atoms with Crippen LogP contribution in [0.4, 0.5) is 15.3 Å². The smallest absolute Gasteiger partial charge is 0.410 e. The number of methoxy groups -OCH3 is 1. The van der Waals surface area contributed by atoms with Crippen LogP contribution < -0.4 is 10.1 Å². The first-order valence-corrected chi connectivity index (χ1v) is 14.0. The third kappa shape index (κ3) is 5.72. The highest BCUT2D eigenvalue weighted by molar-refractivity contribution is 6.01. The highest BCUT2D eigenvalue weighted by Crippen LogP contribution is 2.37. The maximum absolute atomic E-state index is 13.6. The van der Waals surface area contributed by atoms with Crippen LogP contribution in [0.1, 0.15) is 34.6 Å². The average Bonchev–Trinajstić information content (AvgIpc) is 3.34. The van der Waals surface area contributed by atoms with E-state index in [0.717, 1.165) is 22.2 Å². The summed E-state index contributed by atoms with van der Waals surface area (Å²) in [7, 11) is 3.43. The number of hydrogen-bond acceptors (Lipinski definition) is 7. The second kappa shape index (κ2) is 11.3. The fourth-order valence-corrected chi connectivity index (χ4v) is 5.23. The number of amides is 3. The zero-order valence-electron chi connectivity index (χ0n) is 25.1. The van der Waals surface area contributed by atoms with Crippen LogP contribution in [0, 0.1) is 0 Å². The van der Waals surface area contributed by atoms with Gasteiger partial charge in [0.15, 0.2) is 0 Å². The van der Waals surface area contributed by atoms with Crippen LogP contribution in [0.3, 0.4) is 0 Å². The van der Waals surface area contributed by atoms with E-state index in [1.807, 2.05) is 84.3 Å². The number of hydrogen-bond donors (Lipinski definition) is 1. The van der Waals surface area contributed by atoms with E-state index < -0.39 is 5.60 Å². The van der Waals surface area contributed by atoms with Crippen LogP contribution >= 0.6 is 0 Å². The Bertz CT molecular complexity index is 1610. The number of aromatic nitrogens is 4. The number of rotatable bonds is 4. The van der Waals surface area contributed by atoms with Crippen molar-refractivity contribution in [3.05, 3.63) is 55.0 Å². The highest BCUT2D eigenvalue weighted by Gasteiger charge is 2.38. The van der Waals surface area contributed by atoms with E-state index >= 15 is 0 Å². The molecule has 1 unspecified atom stereocenters. The molecule has 220 valence electrons. The van der Waals surface area contributed by atoms with Crippen molar-refractivity contribution in [2.45, 2.75) is 52.3 Å². The number of aryl methyl sites for hydroxylation is 1. The van der Waals surface area contributed by atoms with Crippen molar-refractivity contribution in [3.8, 4) is 28.3 Å². The molecule has 1 N–H and O–H groups in total. The molecule has 2 atom stereocenters. The zero-order chi connectivity index (χ0) is 30.2. The molecular formula is C31H37N7O4. The normalized spacial score (nSPS) is 17.3. The van der Waals surface area contributed by atoms with Crippen LogP contribution in [0.2, 0.25) is 0 Å². The predicted octanol–water partition coefficient (Wildman–Crippen LogP) is 5.57. The van der Waals surface area contributed by atoms with Gasteiger partial charge in [0.05, 0.1) is 36.1 Å². The minimum Gasteiger partial charge on any atom is -0.494 e. The van der Waals surface area contributed by atoms with E-state index in [9.17, 15) is 9.59 Å². The first-order valence-electron chi connectivity index (χ1n) is 14.0. The average molecular weight is 572 g/mol. The third-order valence-electron chi connectivity index (χ3n) is 7.48. The van der Waals surface area contributed by atoms with Gasteiger partial charge in [-0.3, -0.25) is 4.68 Å². The molecule has 5 rings (SSSR count). The number of nitrogens with zero attached hydrogens (tertiary/aromatic N) is 6. The van der Waals surface area contributed by atoms with Gasteiger partial charge in [-0.2, -0.15) is 5.10 Å². The largest absolute Gasteiger partial charge is 0.494 e. The van der Waals surface area contributed by atoms with Gasteiger partial charge < -0.3 is 24.6 Å². The van der Waals surface area contributed by atoms with E-state index in [2.05, 4.69) is 15.3 Å². The van der Waals surface area contributed by atoms with E-state index in [1.54, 1.807) is 27.7 Å². The molecule has 11 nitrogen and oxygen atoms in total. The van der Waals surface area contributed by atoms with Gasteiger partial charge in [-0.1, -0.05) is 30.3 Å². The number of urea groups is 1.